The summed E-state index contributed by atoms with van der Waals surface area (Å²) in [5, 5.41) is 16.6. The van der Waals surface area contributed by atoms with Crippen molar-refractivity contribution in [2.75, 3.05) is 25.6 Å². The number of hydrogen-bond donors (Lipinski definition) is 2. The number of anilines is 1. The highest BCUT2D eigenvalue weighted by atomic mass is 16.6. The van der Waals surface area contributed by atoms with Gasteiger partial charge in [0, 0.05) is 25.3 Å². The van der Waals surface area contributed by atoms with E-state index in [0.29, 0.717) is 24.5 Å². The lowest BCUT2D eigenvalue weighted by Gasteiger charge is -2.34. The maximum atomic E-state index is 12.3. The molecule has 0 aliphatic carbocycles. The summed E-state index contributed by atoms with van der Waals surface area (Å²) in [7, 11) is 1.58. The molecule has 1 aromatic rings. The van der Waals surface area contributed by atoms with Gasteiger partial charge in [-0.05, 0) is 31.9 Å². The molecular formula is C14H19N3O4. The van der Waals surface area contributed by atoms with E-state index in [4.69, 9.17) is 4.74 Å². The molecule has 1 amide bonds. The molecule has 1 atom stereocenters. The minimum absolute atomic E-state index is 0.0544. The number of amides is 1. The van der Waals surface area contributed by atoms with Gasteiger partial charge in [0.1, 0.15) is 5.69 Å². The van der Waals surface area contributed by atoms with Crippen LogP contribution in [0.15, 0.2) is 18.2 Å². The molecule has 21 heavy (non-hydrogen) atoms. The van der Waals surface area contributed by atoms with Crippen LogP contribution in [0.5, 0.6) is 0 Å². The summed E-state index contributed by atoms with van der Waals surface area (Å²) >= 11 is 0. The number of nitrogens with zero attached hydrogens (tertiary/aromatic N) is 1. The van der Waals surface area contributed by atoms with Crippen LogP contribution in [0.4, 0.5) is 11.4 Å². The van der Waals surface area contributed by atoms with Gasteiger partial charge in [-0.25, -0.2) is 0 Å². The van der Waals surface area contributed by atoms with Crippen LogP contribution >= 0.6 is 0 Å². The third kappa shape index (κ3) is 3.49. The molecular weight excluding hydrogens is 274 g/mol. The number of nitro groups is 1. The van der Waals surface area contributed by atoms with Crippen LogP contribution in [0.1, 0.15) is 30.1 Å². The summed E-state index contributed by atoms with van der Waals surface area (Å²) in [6, 6.07) is 4.28. The van der Waals surface area contributed by atoms with Crippen LogP contribution in [-0.4, -0.2) is 36.6 Å². The van der Waals surface area contributed by atoms with E-state index in [1.165, 1.54) is 18.2 Å². The Morgan fingerprint density at radius 3 is 2.81 bits per heavy atom. The Bertz CT molecular complexity index is 553. The van der Waals surface area contributed by atoms with Crippen molar-refractivity contribution < 1.29 is 14.5 Å². The summed E-state index contributed by atoms with van der Waals surface area (Å²) in [5.41, 5.74) is 0.257. The molecule has 2 rings (SSSR count). The molecule has 1 saturated heterocycles. The Kier molecular flexibility index (Phi) is 4.42. The fourth-order valence-electron chi connectivity index (χ4n) is 2.42. The maximum Gasteiger partial charge on any atom is 0.292 e. The number of carbonyl (C=O) groups is 1. The minimum Gasteiger partial charge on any atom is -0.383 e. The van der Waals surface area contributed by atoms with Crippen molar-refractivity contribution in [3.8, 4) is 0 Å². The lowest BCUT2D eigenvalue weighted by Crippen LogP contribution is -2.51. The average Bonchev–Trinajstić information content (AvgIpc) is 2.46. The van der Waals surface area contributed by atoms with Crippen LogP contribution < -0.4 is 10.6 Å². The Labute approximate surface area is 122 Å². The first-order chi connectivity index (χ1) is 9.95. The summed E-state index contributed by atoms with van der Waals surface area (Å²) in [4.78, 5) is 22.7. The van der Waals surface area contributed by atoms with Crippen molar-refractivity contribution in [2.45, 2.75) is 25.3 Å². The fraction of sp³-hybridized carbons (Fsp3) is 0.500. The van der Waals surface area contributed by atoms with Gasteiger partial charge >= 0.3 is 0 Å². The van der Waals surface area contributed by atoms with Crippen molar-refractivity contribution in [2.24, 2.45) is 0 Å². The third-order valence-corrected chi connectivity index (χ3v) is 3.58. The molecule has 0 aromatic heterocycles. The van der Waals surface area contributed by atoms with Gasteiger partial charge in [-0.2, -0.15) is 0 Å². The molecule has 1 heterocycles. The molecule has 1 aromatic carbocycles. The maximum absolute atomic E-state index is 12.3. The molecule has 7 nitrogen and oxygen atoms in total. The van der Waals surface area contributed by atoms with Crippen molar-refractivity contribution in [3.05, 3.63) is 33.9 Å². The zero-order valence-electron chi connectivity index (χ0n) is 12.1. The number of rotatable bonds is 4. The highest BCUT2D eigenvalue weighted by Crippen LogP contribution is 2.25. The Hall–Kier alpha value is -2.15. The van der Waals surface area contributed by atoms with Crippen LogP contribution in [0.3, 0.4) is 0 Å². The Morgan fingerprint density at radius 1 is 1.48 bits per heavy atom. The second-order valence-corrected chi connectivity index (χ2v) is 5.41. The molecule has 0 bridgehead atoms. The molecule has 0 spiro atoms. The molecule has 1 unspecified atom stereocenters. The molecule has 1 aliphatic rings. The summed E-state index contributed by atoms with van der Waals surface area (Å²) < 4.78 is 5.40. The summed E-state index contributed by atoms with van der Waals surface area (Å²) in [6.45, 7) is 3.13. The van der Waals surface area contributed by atoms with E-state index in [1.807, 2.05) is 6.92 Å². The van der Waals surface area contributed by atoms with Crippen molar-refractivity contribution in [1.82, 2.24) is 5.32 Å². The monoisotopic (exact) mass is 293 g/mol. The van der Waals surface area contributed by atoms with E-state index in [-0.39, 0.29) is 11.6 Å². The van der Waals surface area contributed by atoms with E-state index in [2.05, 4.69) is 10.6 Å². The number of hydrogen-bond acceptors (Lipinski definition) is 5. The Morgan fingerprint density at radius 2 is 2.24 bits per heavy atom. The number of nitrogens with one attached hydrogen (secondary N) is 2. The topological polar surface area (TPSA) is 93.5 Å². The molecule has 114 valence electrons. The van der Waals surface area contributed by atoms with Crippen LogP contribution in [0.2, 0.25) is 0 Å². The molecule has 0 saturated carbocycles. The molecule has 0 radical (unpaired) electrons. The van der Waals surface area contributed by atoms with E-state index in [9.17, 15) is 14.9 Å². The van der Waals surface area contributed by atoms with E-state index in [0.717, 1.165) is 12.8 Å². The number of nitro benzene ring substituents is 1. The summed E-state index contributed by atoms with van der Waals surface area (Å²) in [6.07, 6.45) is 1.75. The number of benzene rings is 1. The van der Waals surface area contributed by atoms with E-state index >= 15 is 0 Å². The standard InChI is InChI=1S/C14H19N3O4/c1-14(6-3-7-21-9-14)16-13(18)10-4-5-12(17(19)20)11(8-10)15-2/h4-5,8,15H,3,6-7,9H2,1-2H3,(H,16,18). The third-order valence-electron chi connectivity index (χ3n) is 3.58. The summed E-state index contributed by atoms with van der Waals surface area (Å²) in [5.74, 6) is -0.255. The molecule has 1 aliphatic heterocycles. The van der Waals surface area contributed by atoms with Crippen molar-refractivity contribution in [1.29, 1.82) is 0 Å². The van der Waals surface area contributed by atoms with Gasteiger partial charge in [0.2, 0.25) is 0 Å². The van der Waals surface area contributed by atoms with Gasteiger partial charge in [0.25, 0.3) is 11.6 Å². The van der Waals surface area contributed by atoms with Gasteiger partial charge in [-0.3, -0.25) is 14.9 Å². The quantitative estimate of drug-likeness (QED) is 0.653. The number of ether oxygens (including phenoxy) is 1. The highest BCUT2D eigenvalue weighted by Gasteiger charge is 2.30. The minimum atomic E-state index is -0.482. The van der Waals surface area contributed by atoms with Gasteiger partial charge in [0.15, 0.2) is 0 Å². The fourth-order valence-corrected chi connectivity index (χ4v) is 2.42. The Balaban J connectivity index is 2.17. The molecule has 2 N–H and O–H groups in total. The molecule has 7 heteroatoms. The smallest absolute Gasteiger partial charge is 0.292 e. The van der Waals surface area contributed by atoms with Gasteiger partial charge in [-0.15, -0.1) is 0 Å². The van der Waals surface area contributed by atoms with Gasteiger partial charge < -0.3 is 15.4 Å². The second kappa shape index (κ2) is 6.09. The van der Waals surface area contributed by atoms with Crippen molar-refractivity contribution >= 4 is 17.3 Å². The van der Waals surface area contributed by atoms with E-state index < -0.39 is 10.5 Å². The molecule has 1 fully saturated rings. The number of carbonyl (C=O) groups excluding carboxylic acids is 1. The zero-order chi connectivity index (χ0) is 15.5. The average molecular weight is 293 g/mol. The SMILES string of the molecule is CNc1cc(C(=O)NC2(C)CCCOC2)ccc1[N+](=O)[O-]. The van der Waals surface area contributed by atoms with Gasteiger partial charge in [0.05, 0.1) is 17.1 Å². The first kappa shape index (κ1) is 15.2. The predicted octanol–water partition coefficient (Wildman–Crippen LogP) is 1.94. The first-order valence-corrected chi connectivity index (χ1v) is 6.82. The highest BCUT2D eigenvalue weighted by molar-refractivity contribution is 5.96. The van der Waals surface area contributed by atoms with Crippen molar-refractivity contribution in [3.63, 3.8) is 0 Å². The van der Waals surface area contributed by atoms with Crippen LogP contribution in [0, 0.1) is 10.1 Å². The zero-order valence-corrected chi connectivity index (χ0v) is 12.1. The van der Waals surface area contributed by atoms with E-state index in [1.54, 1.807) is 7.05 Å². The van der Waals surface area contributed by atoms with Crippen LogP contribution in [-0.2, 0) is 4.74 Å². The van der Waals surface area contributed by atoms with Gasteiger partial charge in [-0.1, -0.05) is 0 Å². The first-order valence-electron chi connectivity index (χ1n) is 6.82. The predicted molar refractivity (Wildman–Crippen MR) is 78.6 cm³/mol. The lowest BCUT2D eigenvalue weighted by atomic mass is 9.94. The lowest BCUT2D eigenvalue weighted by molar-refractivity contribution is -0.383. The normalized spacial score (nSPS) is 21.6. The largest absolute Gasteiger partial charge is 0.383 e. The second-order valence-electron chi connectivity index (χ2n) is 5.41. The van der Waals surface area contributed by atoms with Crippen LogP contribution in [0.25, 0.3) is 0 Å².